The van der Waals surface area contributed by atoms with Crippen molar-refractivity contribution in [1.29, 1.82) is 0 Å². The molecule has 2 spiro atoms. The monoisotopic (exact) mass is 392 g/mol. The van der Waals surface area contributed by atoms with Crippen molar-refractivity contribution in [3.63, 3.8) is 0 Å². The summed E-state index contributed by atoms with van der Waals surface area (Å²) in [6.45, 7) is 7.79. The molecule has 0 aromatic heterocycles. The lowest BCUT2D eigenvalue weighted by Crippen LogP contribution is -2.75. The van der Waals surface area contributed by atoms with Gasteiger partial charge in [0.1, 0.15) is 17.8 Å². The maximum absolute atomic E-state index is 13.5. The van der Waals surface area contributed by atoms with Gasteiger partial charge >= 0.3 is 5.97 Å². The Balaban J connectivity index is 1.89. The number of fused-ring (bicyclic) bond motifs is 2. The minimum absolute atomic E-state index is 0.0312. The van der Waals surface area contributed by atoms with Gasteiger partial charge in [0, 0.05) is 25.4 Å². The molecule has 0 bridgehead atoms. The van der Waals surface area contributed by atoms with Crippen molar-refractivity contribution in [2.24, 2.45) is 16.7 Å². The number of aliphatic hydroxyl groups excluding tert-OH is 1. The van der Waals surface area contributed by atoms with Crippen LogP contribution >= 0.6 is 0 Å². The summed E-state index contributed by atoms with van der Waals surface area (Å²) in [4.78, 5) is 25.6. The number of esters is 1. The second-order valence-corrected chi connectivity index (χ2v) is 10.00. The van der Waals surface area contributed by atoms with Crippen LogP contribution in [0.4, 0.5) is 0 Å². The number of carbonyl (C=O) groups is 2. The first-order valence-electron chi connectivity index (χ1n) is 10.4. The van der Waals surface area contributed by atoms with Gasteiger partial charge in [0.15, 0.2) is 11.4 Å². The maximum atomic E-state index is 13.5. The number of hydrogen-bond acceptors (Lipinski definition) is 6. The van der Waals surface area contributed by atoms with Crippen LogP contribution in [0, 0.1) is 16.7 Å². The zero-order chi connectivity index (χ0) is 20.4. The van der Waals surface area contributed by atoms with Gasteiger partial charge in [0.2, 0.25) is 0 Å². The molecule has 0 amide bonds. The van der Waals surface area contributed by atoms with Crippen molar-refractivity contribution in [3.05, 3.63) is 12.3 Å². The highest BCUT2D eigenvalue weighted by atomic mass is 16.6. The predicted molar refractivity (Wildman–Crippen MR) is 101 cm³/mol. The number of ketones is 1. The Labute approximate surface area is 166 Å². The van der Waals surface area contributed by atoms with E-state index in [1.807, 2.05) is 6.08 Å². The number of rotatable bonds is 2. The van der Waals surface area contributed by atoms with Gasteiger partial charge in [-0.05, 0) is 50.0 Å². The van der Waals surface area contributed by atoms with Gasteiger partial charge in [0.05, 0.1) is 6.26 Å². The fraction of sp³-hybridized carbons (Fsp3) is 0.818. The third-order valence-corrected chi connectivity index (χ3v) is 8.45. The molecule has 4 aliphatic rings. The van der Waals surface area contributed by atoms with E-state index in [1.54, 1.807) is 13.2 Å². The highest BCUT2D eigenvalue weighted by Gasteiger charge is 2.76. The van der Waals surface area contributed by atoms with Crippen LogP contribution in [0.2, 0.25) is 0 Å². The molecule has 6 nitrogen and oxygen atoms in total. The molecule has 0 unspecified atom stereocenters. The Morgan fingerprint density at radius 2 is 2.00 bits per heavy atom. The first-order valence-corrected chi connectivity index (χ1v) is 10.4. The minimum atomic E-state index is -1.35. The Morgan fingerprint density at radius 1 is 1.25 bits per heavy atom. The predicted octanol–water partition coefficient (Wildman–Crippen LogP) is 2.92. The van der Waals surface area contributed by atoms with Gasteiger partial charge in [-0.3, -0.25) is 9.59 Å². The van der Waals surface area contributed by atoms with Crippen molar-refractivity contribution >= 4 is 11.8 Å². The second kappa shape index (κ2) is 6.05. The largest absolute Gasteiger partial charge is 0.498 e. The first-order chi connectivity index (χ1) is 13.1. The first kappa shape index (κ1) is 19.9. The van der Waals surface area contributed by atoms with E-state index in [0.29, 0.717) is 25.9 Å². The van der Waals surface area contributed by atoms with Gasteiger partial charge in [-0.1, -0.05) is 20.3 Å². The molecule has 2 heterocycles. The number of hydrogen-bond donors (Lipinski definition) is 1. The summed E-state index contributed by atoms with van der Waals surface area (Å²) < 4.78 is 18.1. The third kappa shape index (κ3) is 2.34. The van der Waals surface area contributed by atoms with E-state index in [4.69, 9.17) is 14.2 Å². The second-order valence-electron chi connectivity index (χ2n) is 10.00. The zero-order valence-electron chi connectivity index (χ0n) is 17.4. The summed E-state index contributed by atoms with van der Waals surface area (Å²) in [6, 6.07) is 0. The topological polar surface area (TPSA) is 82.1 Å². The molecule has 2 aliphatic carbocycles. The highest BCUT2D eigenvalue weighted by Crippen LogP contribution is 2.68. The van der Waals surface area contributed by atoms with Crippen LogP contribution in [-0.2, 0) is 23.8 Å². The molecule has 4 rings (SSSR count). The lowest BCUT2D eigenvalue weighted by Gasteiger charge is -2.65. The van der Waals surface area contributed by atoms with E-state index in [-0.39, 0.29) is 23.7 Å². The molecule has 2 aliphatic heterocycles. The Kier molecular flexibility index (Phi) is 4.30. The Morgan fingerprint density at radius 3 is 2.61 bits per heavy atom. The van der Waals surface area contributed by atoms with Crippen LogP contribution < -0.4 is 0 Å². The average molecular weight is 392 g/mol. The van der Waals surface area contributed by atoms with Crippen LogP contribution in [0.25, 0.3) is 0 Å². The van der Waals surface area contributed by atoms with Gasteiger partial charge in [-0.15, -0.1) is 0 Å². The van der Waals surface area contributed by atoms with Crippen LogP contribution in [0.3, 0.4) is 0 Å². The molecule has 0 aromatic rings. The van der Waals surface area contributed by atoms with Crippen LogP contribution in [-0.4, -0.2) is 46.9 Å². The molecule has 156 valence electrons. The van der Waals surface area contributed by atoms with Crippen LogP contribution in [0.15, 0.2) is 12.3 Å². The number of aliphatic hydroxyl groups is 1. The van der Waals surface area contributed by atoms with Crippen molar-refractivity contribution < 1.29 is 28.9 Å². The average Bonchev–Trinajstić information content (AvgIpc) is 3.25. The maximum Gasteiger partial charge on any atom is 0.303 e. The number of ether oxygens (including phenoxy) is 3. The summed E-state index contributed by atoms with van der Waals surface area (Å²) >= 11 is 0. The van der Waals surface area contributed by atoms with E-state index < -0.39 is 28.2 Å². The molecule has 1 N–H and O–H groups in total. The normalized spacial score (nSPS) is 50.0. The lowest BCUT2D eigenvalue weighted by molar-refractivity contribution is -0.285. The molecule has 6 atom stereocenters. The highest BCUT2D eigenvalue weighted by molar-refractivity contribution is 5.92. The molecular weight excluding hydrogens is 360 g/mol. The quantitative estimate of drug-likeness (QED) is 0.728. The Bertz CT molecular complexity index is 733. The van der Waals surface area contributed by atoms with Crippen LogP contribution in [0.5, 0.6) is 0 Å². The number of Topliss-reactive ketones (excluding diaryl/α,β-unsaturated/α-hetero) is 1. The number of carbonyl (C=O) groups excluding carboxylic acids is 2. The summed E-state index contributed by atoms with van der Waals surface area (Å²) in [5, 5.41) is 10.2. The van der Waals surface area contributed by atoms with E-state index in [0.717, 1.165) is 19.3 Å². The van der Waals surface area contributed by atoms with Crippen molar-refractivity contribution in [2.45, 2.75) is 83.0 Å². The third-order valence-electron chi connectivity index (χ3n) is 8.45. The van der Waals surface area contributed by atoms with Crippen molar-refractivity contribution in [1.82, 2.24) is 0 Å². The van der Waals surface area contributed by atoms with E-state index in [1.165, 1.54) is 6.92 Å². The molecule has 28 heavy (non-hydrogen) atoms. The summed E-state index contributed by atoms with van der Waals surface area (Å²) in [5.41, 5.74) is -3.63. The smallest absolute Gasteiger partial charge is 0.303 e. The van der Waals surface area contributed by atoms with Crippen molar-refractivity contribution in [2.75, 3.05) is 13.2 Å². The fourth-order valence-corrected chi connectivity index (χ4v) is 6.90. The van der Waals surface area contributed by atoms with Gasteiger partial charge in [-0.2, -0.15) is 0 Å². The molecule has 6 heteroatoms. The van der Waals surface area contributed by atoms with E-state index in [9.17, 15) is 14.7 Å². The zero-order valence-corrected chi connectivity index (χ0v) is 17.4. The summed E-state index contributed by atoms with van der Waals surface area (Å²) in [7, 11) is 0. The van der Waals surface area contributed by atoms with Crippen molar-refractivity contribution in [3.8, 4) is 0 Å². The van der Waals surface area contributed by atoms with E-state index >= 15 is 0 Å². The molecular formula is C22H32O6. The standard InChI is InChI=1S/C22H32O6/c1-15(24)27-20(4)17(25)12-16-18(2,13-23)6-5-7-19(16,3)22(20)9-8-21(28-22)10-11-26-14-21/h10-11,16,23H,5-9,12-14H2,1-4H3/t16-,18+,19-,20-,21+,22-/m0/s1. The van der Waals surface area contributed by atoms with Gasteiger partial charge in [0.25, 0.3) is 0 Å². The minimum Gasteiger partial charge on any atom is -0.498 e. The van der Waals surface area contributed by atoms with Gasteiger partial charge in [-0.25, -0.2) is 0 Å². The summed E-state index contributed by atoms with van der Waals surface area (Å²) in [6.07, 6.45) is 7.91. The SMILES string of the molecule is CC(=O)O[C@@]1(C)C(=O)C[C@H]2[C@@](C)(CO)CCC[C@]2(C)[C@@]12CC[C@]1(C=COC1)O2. The lowest BCUT2D eigenvalue weighted by atomic mass is 9.43. The molecule has 3 fully saturated rings. The molecule has 0 aromatic carbocycles. The molecule has 1 saturated heterocycles. The molecule has 2 saturated carbocycles. The summed E-state index contributed by atoms with van der Waals surface area (Å²) in [5.74, 6) is -0.608. The fourth-order valence-electron chi connectivity index (χ4n) is 6.90. The van der Waals surface area contributed by atoms with E-state index in [2.05, 4.69) is 13.8 Å². The molecule has 0 radical (unpaired) electrons. The Hall–Kier alpha value is -1.40. The van der Waals surface area contributed by atoms with Gasteiger partial charge < -0.3 is 19.3 Å². The van der Waals surface area contributed by atoms with Crippen LogP contribution in [0.1, 0.15) is 66.2 Å².